The minimum Gasteiger partial charge on any atom is -0.367 e. The fraction of sp³-hybridized carbons (Fsp3) is 0.500. The highest BCUT2D eigenvalue weighted by atomic mass is 16.2. The number of aromatic nitrogens is 3. The van der Waals surface area contributed by atoms with Crippen LogP contribution in [0.15, 0.2) is 36.9 Å². The Morgan fingerprint density at radius 2 is 1.88 bits per heavy atom. The van der Waals surface area contributed by atoms with Crippen LogP contribution in [0.2, 0.25) is 0 Å². The van der Waals surface area contributed by atoms with Crippen LogP contribution in [0.4, 0.5) is 5.69 Å². The lowest BCUT2D eigenvalue weighted by molar-refractivity contribution is -0.134. The smallest absolute Gasteiger partial charge is 0.245 e. The molecule has 1 saturated heterocycles. The third-order valence-electron chi connectivity index (χ3n) is 4.59. The zero-order chi connectivity index (χ0) is 17.1. The second-order valence-corrected chi connectivity index (χ2v) is 6.55. The van der Waals surface area contributed by atoms with Crippen LogP contribution in [0.3, 0.4) is 0 Å². The first-order valence-corrected chi connectivity index (χ1v) is 8.54. The van der Waals surface area contributed by atoms with Crippen molar-refractivity contribution in [1.29, 1.82) is 0 Å². The normalized spacial score (nSPS) is 16.5. The third kappa shape index (κ3) is 3.27. The molecule has 1 atom stereocenters. The molecular formula is C18H25N5O. The van der Waals surface area contributed by atoms with Crippen LogP contribution in [-0.4, -0.2) is 51.5 Å². The largest absolute Gasteiger partial charge is 0.367 e. The number of rotatable bonds is 4. The SMILES string of the molecule is CC(C)c1nccn1C(C)C(=O)N1CCN(c2cccnc2)CC1. The molecule has 0 bridgehead atoms. The van der Waals surface area contributed by atoms with Gasteiger partial charge < -0.3 is 14.4 Å². The van der Waals surface area contributed by atoms with E-state index in [1.165, 1.54) is 0 Å². The van der Waals surface area contributed by atoms with Crippen LogP contribution in [0, 0.1) is 0 Å². The molecule has 6 nitrogen and oxygen atoms in total. The molecule has 0 spiro atoms. The molecule has 24 heavy (non-hydrogen) atoms. The minimum absolute atomic E-state index is 0.167. The molecule has 1 amide bonds. The summed E-state index contributed by atoms with van der Waals surface area (Å²) in [4.78, 5) is 25.7. The maximum Gasteiger partial charge on any atom is 0.245 e. The van der Waals surface area contributed by atoms with Crippen molar-refractivity contribution in [3.63, 3.8) is 0 Å². The van der Waals surface area contributed by atoms with Gasteiger partial charge in [-0.05, 0) is 19.1 Å². The van der Waals surface area contributed by atoms with Crippen molar-refractivity contribution in [3.05, 3.63) is 42.7 Å². The number of nitrogens with zero attached hydrogens (tertiary/aromatic N) is 5. The molecule has 6 heteroatoms. The lowest BCUT2D eigenvalue weighted by Gasteiger charge is -2.37. The first-order chi connectivity index (χ1) is 11.6. The van der Waals surface area contributed by atoms with Gasteiger partial charge in [0.25, 0.3) is 0 Å². The molecule has 1 aliphatic heterocycles. The van der Waals surface area contributed by atoms with Gasteiger partial charge in [0, 0.05) is 50.7 Å². The van der Waals surface area contributed by atoms with Gasteiger partial charge in [-0.25, -0.2) is 4.98 Å². The summed E-state index contributed by atoms with van der Waals surface area (Å²) < 4.78 is 2.00. The molecule has 1 fully saturated rings. The Labute approximate surface area is 143 Å². The van der Waals surface area contributed by atoms with Crippen molar-refractivity contribution in [3.8, 4) is 0 Å². The van der Waals surface area contributed by atoms with Gasteiger partial charge in [0.2, 0.25) is 5.91 Å². The monoisotopic (exact) mass is 327 g/mol. The average molecular weight is 327 g/mol. The van der Waals surface area contributed by atoms with Crippen molar-refractivity contribution < 1.29 is 4.79 Å². The first kappa shape index (κ1) is 16.5. The fourth-order valence-electron chi connectivity index (χ4n) is 3.21. The summed E-state index contributed by atoms with van der Waals surface area (Å²) in [6.07, 6.45) is 7.34. The summed E-state index contributed by atoms with van der Waals surface area (Å²) in [5, 5.41) is 0. The Balaban J connectivity index is 1.63. The van der Waals surface area contributed by atoms with Gasteiger partial charge in [-0.3, -0.25) is 9.78 Å². The molecule has 0 saturated carbocycles. The van der Waals surface area contributed by atoms with Crippen molar-refractivity contribution in [2.24, 2.45) is 0 Å². The van der Waals surface area contributed by atoms with Crippen LogP contribution >= 0.6 is 0 Å². The van der Waals surface area contributed by atoms with E-state index >= 15 is 0 Å². The number of amides is 1. The Kier molecular flexibility index (Phi) is 4.83. The quantitative estimate of drug-likeness (QED) is 0.865. The molecule has 0 radical (unpaired) electrons. The number of carbonyl (C=O) groups excluding carboxylic acids is 1. The average Bonchev–Trinajstić information content (AvgIpc) is 3.11. The van der Waals surface area contributed by atoms with Crippen molar-refractivity contribution >= 4 is 11.6 Å². The van der Waals surface area contributed by atoms with Crippen LogP contribution in [0.1, 0.15) is 38.6 Å². The van der Waals surface area contributed by atoms with Crippen molar-refractivity contribution in [2.75, 3.05) is 31.1 Å². The fourth-order valence-corrected chi connectivity index (χ4v) is 3.21. The number of anilines is 1. The summed E-state index contributed by atoms with van der Waals surface area (Å²) in [5.41, 5.74) is 1.12. The van der Waals surface area contributed by atoms with E-state index in [-0.39, 0.29) is 11.9 Å². The third-order valence-corrected chi connectivity index (χ3v) is 4.59. The van der Waals surface area contributed by atoms with E-state index in [1.54, 1.807) is 12.4 Å². The van der Waals surface area contributed by atoms with Crippen LogP contribution in [0.5, 0.6) is 0 Å². The standard InChI is InChI=1S/C18H25N5O/c1-14(2)17-20-7-8-23(17)15(3)18(24)22-11-9-21(10-12-22)16-5-4-6-19-13-16/h4-8,13-15H,9-12H2,1-3H3. The molecule has 3 heterocycles. The van der Waals surface area contributed by atoms with Gasteiger partial charge in [-0.1, -0.05) is 13.8 Å². The van der Waals surface area contributed by atoms with E-state index in [0.29, 0.717) is 5.92 Å². The number of piperazine rings is 1. The molecule has 128 valence electrons. The van der Waals surface area contributed by atoms with E-state index in [2.05, 4.69) is 34.8 Å². The first-order valence-electron chi connectivity index (χ1n) is 8.54. The van der Waals surface area contributed by atoms with E-state index in [4.69, 9.17) is 0 Å². The highest BCUT2D eigenvalue weighted by Gasteiger charge is 2.27. The van der Waals surface area contributed by atoms with E-state index in [0.717, 1.165) is 37.7 Å². The maximum absolute atomic E-state index is 12.9. The molecule has 2 aromatic rings. The van der Waals surface area contributed by atoms with E-state index in [1.807, 2.05) is 34.9 Å². The number of imidazole rings is 1. The lowest BCUT2D eigenvalue weighted by Crippen LogP contribution is -2.50. The summed E-state index contributed by atoms with van der Waals surface area (Å²) in [7, 11) is 0. The van der Waals surface area contributed by atoms with E-state index < -0.39 is 0 Å². The number of hydrogen-bond acceptors (Lipinski definition) is 4. The Morgan fingerprint density at radius 1 is 1.12 bits per heavy atom. The van der Waals surface area contributed by atoms with Gasteiger partial charge in [-0.2, -0.15) is 0 Å². The van der Waals surface area contributed by atoms with Gasteiger partial charge in [-0.15, -0.1) is 0 Å². The number of pyridine rings is 1. The lowest BCUT2D eigenvalue weighted by atomic mass is 10.1. The molecule has 0 N–H and O–H groups in total. The number of hydrogen-bond donors (Lipinski definition) is 0. The minimum atomic E-state index is -0.213. The molecule has 0 aliphatic carbocycles. The Hall–Kier alpha value is -2.37. The molecule has 2 aromatic heterocycles. The van der Waals surface area contributed by atoms with Crippen molar-refractivity contribution in [2.45, 2.75) is 32.7 Å². The molecule has 3 rings (SSSR count). The Bertz CT molecular complexity index is 674. The zero-order valence-electron chi connectivity index (χ0n) is 14.6. The molecule has 1 aliphatic rings. The van der Waals surface area contributed by atoms with E-state index in [9.17, 15) is 4.79 Å². The highest BCUT2D eigenvalue weighted by Crippen LogP contribution is 2.20. The summed E-state index contributed by atoms with van der Waals surface area (Å²) in [6.45, 7) is 9.32. The number of carbonyl (C=O) groups is 1. The predicted octanol–water partition coefficient (Wildman–Crippen LogP) is 2.31. The van der Waals surface area contributed by atoms with Gasteiger partial charge >= 0.3 is 0 Å². The summed E-state index contributed by atoms with van der Waals surface area (Å²) in [6, 6.07) is 3.80. The zero-order valence-corrected chi connectivity index (χ0v) is 14.6. The van der Waals surface area contributed by atoms with Gasteiger partial charge in [0.15, 0.2) is 0 Å². The highest BCUT2D eigenvalue weighted by molar-refractivity contribution is 5.80. The summed E-state index contributed by atoms with van der Waals surface area (Å²) >= 11 is 0. The summed E-state index contributed by atoms with van der Waals surface area (Å²) in [5.74, 6) is 1.43. The molecule has 0 aromatic carbocycles. The van der Waals surface area contributed by atoms with Gasteiger partial charge in [0.1, 0.15) is 11.9 Å². The topological polar surface area (TPSA) is 54.3 Å². The second kappa shape index (κ2) is 7.03. The molecule has 1 unspecified atom stereocenters. The van der Waals surface area contributed by atoms with Crippen LogP contribution < -0.4 is 4.90 Å². The predicted molar refractivity (Wildman–Crippen MR) is 94.1 cm³/mol. The van der Waals surface area contributed by atoms with Crippen LogP contribution in [0.25, 0.3) is 0 Å². The van der Waals surface area contributed by atoms with Crippen LogP contribution in [-0.2, 0) is 4.79 Å². The van der Waals surface area contributed by atoms with Crippen molar-refractivity contribution in [1.82, 2.24) is 19.4 Å². The van der Waals surface area contributed by atoms with Gasteiger partial charge in [0.05, 0.1) is 11.9 Å². The molecular weight excluding hydrogens is 302 g/mol. The second-order valence-electron chi connectivity index (χ2n) is 6.55. The Morgan fingerprint density at radius 3 is 2.50 bits per heavy atom. The maximum atomic E-state index is 12.9.